The molecule has 0 saturated carbocycles. The Bertz CT molecular complexity index is 936. The van der Waals surface area contributed by atoms with Gasteiger partial charge in [-0.05, 0) is 48.9 Å². The largest absolute Gasteiger partial charge is 0.494 e. The van der Waals surface area contributed by atoms with Gasteiger partial charge in [-0.3, -0.25) is 4.90 Å². The molecule has 2 aromatic carbocycles. The highest BCUT2D eigenvalue weighted by Crippen LogP contribution is 2.21. The first-order valence-electron chi connectivity index (χ1n) is 9.56. The minimum Gasteiger partial charge on any atom is -0.494 e. The molecule has 0 amide bonds. The van der Waals surface area contributed by atoms with E-state index in [9.17, 15) is 13.2 Å². The summed E-state index contributed by atoms with van der Waals surface area (Å²) in [7, 11) is -2.16. The predicted octanol–water partition coefficient (Wildman–Crippen LogP) is 2.38. The van der Waals surface area contributed by atoms with Crippen LogP contribution in [-0.2, 0) is 21.3 Å². The van der Waals surface area contributed by atoms with Crippen LogP contribution in [0.4, 0.5) is 0 Å². The van der Waals surface area contributed by atoms with Crippen molar-refractivity contribution >= 4 is 16.0 Å². The molecule has 0 atom stereocenters. The lowest BCUT2D eigenvalue weighted by Gasteiger charge is -2.34. The van der Waals surface area contributed by atoms with Crippen LogP contribution in [0.15, 0.2) is 53.4 Å². The Kier molecular flexibility index (Phi) is 6.89. The topological polar surface area (TPSA) is 76.2 Å². The lowest BCUT2D eigenvalue weighted by molar-refractivity contribution is 0.0600. The second-order valence-electron chi connectivity index (χ2n) is 6.78. The predicted molar refractivity (Wildman–Crippen MR) is 109 cm³/mol. The van der Waals surface area contributed by atoms with E-state index in [0.29, 0.717) is 50.6 Å². The summed E-state index contributed by atoms with van der Waals surface area (Å²) in [6.07, 6.45) is 0. The van der Waals surface area contributed by atoms with E-state index in [-0.39, 0.29) is 10.9 Å². The SMILES string of the molecule is CCOc1ccc(S(=O)(=O)N2CCN(Cc3cccc(C(=O)OC)c3)CC2)cc1. The van der Waals surface area contributed by atoms with Gasteiger partial charge in [0.2, 0.25) is 10.0 Å². The monoisotopic (exact) mass is 418 g/mol. The van der Waals surface area contributed by atoms with Gasteiger partial charge in [-0.2, -0.15) is 4.31 Å². The van der Waals surface area contributed by atoms with Gasteiger partial charge in [0.1, 0.15) is 5.75 Å². The molecular weight excluding hydrogens is 392 g/mol. The van der Waals surface area contributed by atoms with E-state index in [1.807, 2.05) is 25.1 Å². The molecule has 0 radical (unpaired) electrons. The van der Waals surface area contributed by atoms with E-state index in [1.165, 1.54) is 11.4 Å². The van der Waals surface area contributed by atoms with Crippen molar-refractivity contribution in [2.24, 2.45) is 0 Å². The zero-order valence-electron chi connectivity index (χ0n) is 16.7. The fourth-order valence-electron chi connectivity index (χ4n) is 3.32. The summed E-state index contributed by atoms with van der Waals surface area (Å²) in [4.78, 5) is 14.1. The average molecular weight is 419 g/mol. The maximum atomic E-state index is 12.9. The van der Waals surface area contributed by atoms with Gasteiger partial charge in [0.05, 0.1) is 24.2 Å². The fourth-order valence-corrected chi connectivity index (χ4v) is 4.75. The van der Waals surface area contributed by atoms with Gasteiger partial charge in [0.15, 0.2) is 0 Å². The summed E-state index contributed by atoms with van der Waals surface area (Å²) >= 11 is 0. The lowest BCUT2D eigenvalue weighted by Crippen LogP contribution is -2.48. The van der Waals surface area contributed by atoms with Gasteiger partial charge >= 0.3 is 5.97 Å². The first kappa shape index (κ1) is 21.3. The third-order valence-electron chi connectivity index (χ3n) is 4.86. The Labute approximate surface area is 171 Å². The molecule has 3 rings (SSSR count). The summed E-state index contributed by atoms with van der Waals surface area (Å²) in [6.45, 7) is 5.17. The van der Waals surface area contributed by atoms with Crippen LogP contribution in [0.25, 0.3) is 0 Å². The number of carbonyl (C=O) groups excluding carboxylic acids is 1. The molecule has 1 aliphatic rings. The molecule has 0 N–H and O–H groups in total. The first-order valence-corrected chi connectivity index (χ1v) is 11.0. The molecule has 156 valence electrons. The Morgan fingerprint density at radius 1 is 1.03 bits per heavy atom. The number of sulfonamides is 1. The van der Waals surface area contributed by atoms with Crippen molar-refractivity contribution in [3.63, 3.8) is 0 Å². The van der Waals surface area contributed by atoms with Crippen LogP contribution in [0.5, 0.6) is 5.75 Å². The number of hydrogen-bond donors (Lipinski definition) is 0. The number of rotatable bonds is 7. The van der Waals surface area contributed by atoms with E-state index in [1.54, 1.807) is 30.3 Å². The molecule has 0 bridgehead atoms. The van der Waals surface area contributed by atoms with Gasteiger partial charge in [-0.15, -0.1) is 0 Å². The fraction of sp³-hybridized carbons (Fsp3) is 0.381. The van der Waals surface area contributed by atoms with Gasteiger partial charge < -0.3 is 9.47 Å². The molecule has 2 aromatic rings. The van der Waals surface area contributed by atoms with Crippen LogP contribution >= 0.6 is 0 Å². The molecule has 0 spiro atoms. The van der Waals surface area contributed by atoms with Crippen LogP contribution in [-0.4, -0.2) is 63.5 Å². The van der Waals surface area contributed by atoms with E-state index in [4.69, 9.17) is 9.47 Å². The zero-order valence-corrected chi connectivity index (χ0v) is 17.5. The summed E-state index contributed by atoms with van der Waals surface area (Å²) in [6, 6.07) is 13.9. The highest BCUT2D eigenvalue weighted by Gasteiger charge is 2.28. The zero-order chi connectivity index (χ0) is 20.9. The highest BCUT2D eigenvalue weighted by atomic mass is 32.2. The smallest absolute Gasteiger partial charge is 0.337 e. The summed E-state index contributed by atoms with van der Waals surface area (Å²) in [5.41, 5.74) is 1.51. The molecule has 8 heteroatoms. The van der Waals surface area contributed by atoms with Crippen molar-refractivity contribution < 1.29 is 22.7 Å². The number of benzene rings is 2. The number of ether oxygens (including phenoxy) is 2. The van der Waals surface area contributed by atoms with Crippen LogP contribution in [0.2, 0.25) is 0 Å². The average Bonchev–Trinajstić information content (AvgIpc) is 2.74. The molecule has 1 aliphatic heterocycles. The van der Waals surface area contributed by atoms with Crippen molar-refractivity contribution in [2.45, 2.75) is 18.4 Å². The number of methoxy groups -OCH3 is 1. The minimum atomic E-state index is -3.52. The highest BCUT2D eigenvalue weighted by molar-refractivity contribution is 7.89. The third kappa shape index (κ3) is 5.14. The van der Waals surface area contributed by atoms with Crippen LogP contribution in [0, 0.1) is 0 Å². The maximum absolute atomic E-state index is 12.9. The van der Waals surface area contributed by atoms with E-state index >= 15 is 0 Å². The summed E-state index contributed by atoms with van der Waals surface area (Å²) < 4.78 is 37.4. The second-order valence-corrected chi connectivity index (χ2v) is 8.71. The molecule has 29 heavy (non-hydrogen) atoms. The molecular formula is C21H26N2O5S. The number of nitrogens with zero attached hydrogens (tertiary/aromatic N) is 2. The van der Waals surface area contributed by atoms with E-state index in [0.717, 1.165) is 5.56 Å². The maximum Gasteiger partial charge on any atom is 0.337 e. The first-order chi connectivity index (χ1) is 13.9. The Balaban J connectivity index is 1.60. The molecule has 0 aromatic heterocycles. The lowest BCUT2D eigenvalue weighted by atomic mass is 10.1. The minimum absolute atomic E-state index is 0.278. The van der Waals surface area contributed by atoms with Crippen LogP contribution < -0.4 is 4.74 Å². The van der Waals surface area contributed by atoms with Gasteiger partial charge in [0, 0.05) is 32.7 Å². The Morgan fingerprint density at radius 2 is 1.72 bits per heavy atom. The van der Waals surface area contributed by atoms with Crippen molar-refractivity contribution in [2.75, 3.05) is 39.9 Å². The van der Waals surface area contributed by atoms with Crippen LogP contribution in [0.1, 0.15) is 22.8 Å². The molecule has 1 fully saturated rings. The Morgan fingerprint density at radius 3 is 2.34 bits per heavy atom. The standard InChI is InChI=1S/C21H26N2O5S/c1-3-28-19-7-9-20(10-8-19)29(25,26)23-13-11-22(12-14-23)16-17-5-4-6-18(15-17)21(24)27-2/h4-10,15H,3,11-14,16H2,1-2H3. The Hall–Kier alpha value is -2.42. The van der Waals surface area contributed by atoms with Crippen molar-refractivity contribution in [1.29, 1.82) is 0 Å². The van der Waals surface area contributed by atoms with E-state index < -0.39 is 10.0 Å². The summed E-state index contributed by atoms with van der Waals surface area (Å²) in [5.74, 6) is 0.295. The van der Waals surface area contributed by atoms with Crippen molar-refractivity contribution in [3.05, 3.63) is 59.7 Å². The van der Waals surface area contributed by atoms with Crippen molar-refractivity contribution in [1.82, 2.24) is 9.21 Å². The van der Waals surface area contributed by atoms with E-state index in [2.05, 4.69) is 4.90 Å². The second kappa shape index (κ2) is 9.39. The van der Waals surface area contributed by atoms with Gasteiger partial charge in [-0.25, -0.2) is 13.2 Å². The normalized spacial score (nSPS) is 15.8. The molecule has 1 saturated heterocycles. The van der Waals surface area contributed by atoms with Gasteiger partial charge in [-0.1, -0.05) is 12.1 Å². The number of hydrogen-bond acceptors (Lipinski definition) is 6. The number of carbonyl (C=O) groups is 1. The number of piperazine rings is 1. The van der Waals surface area contributed by atoms with Crippen LogP contribution in [0.3, 0.4) is 0 Å². The summed E-state index contributed by atoms with van der Waals surface area (Å²) in [5, 5.41) is 0. The van der Waals surface area contributed by atoms with Gasteiger partial charge in [0.25, 0.3) is 0 Å². The molecule has 0 unspecified atom stereocenters. The molecule has 0 aliphatic carbocycles. The quantitative estimate of drug-likeness (QED) is 0.643. The molecule has 1 heterocycles. The third-order valence-corrected chi connectivity index (χ3v) is 6.77. The molecule has 7 nitrogen and oxygen atoms in total. The van der Waals surface area contributed by atoms with Crippen molar-refractivity contribution in [3.8, 4) is 5.75 Å². The number of esters is 1.